The number of hydrogen-bond acceptors (Lipinski definition) is 8. The van der Waals surface area contributed by atoms with Gasteiger partial charge in [-0.05, 0) is 24.1 Å². The smallest absolute Gasteiger partial charge is 0.410 e. The van der Waals surface area contributed by atoms with Gasteiger partial charge in [0.15, 0.2) is 0 Å². The van der Waals surface area contributed by atoms with E-state index in [0.29, 0.717) is 38.2 Å². The fourth-order valence-electron chi connectivity index (χ4n) is 3.89. The number of nitrogens with zero attached hydrogens (tertiary/aromatic N) is 4. The standard InChI is InChI=1S/C21H27N5O7S/c1-14(27)22-11-19(28)23-6-8-24(9-7-23)20(29)18-10-17(34)12-25(18)21(30)33-13-15-2-4-16(5-3-15)26(31)32/h2-5,17-18,34H,6-13H2,1H3,(H,22,27). The summed E-state index contributed by atoms with van der Waals surface area (Å²) in [5.41, 5.74) is 0.526. The minimum absolute atomic E-state index is 0.0601. The normalized spacial score (nSPS) is 20.1. The maximum atomic E-state index is 13.1. The predicted octanol–water partition coefficient (Wildman–Crippen LogP) is 0.411. The zero-order valence-electron chi connectivity index (χ0n) is 18.7. The van der Waals surface area contributed by atoms with Gasteiger partial charge in [-0.3, -0.25) is 29.4 Å². The topological polar surface area (TPSA) is 142 Å². The molecule has 0 spiro atoms. The van der Waals surface area contributed by atoms with E-state index in [1.165, 1.54) is 36.1 Å². The quantitative estimate of drug-likeness (QED) is 0.332. The molecule has 2 aliphatic rings. The van der Waals surface area contributed by atoms with Gasteiger partial charge in [0.2, 0.25) is 17.7 Å². The van der Waals surface area contributed by atoms with Crippen LogP contribution >= 0.6 is 12.6 Å². The lowest BCUT2D eigenvalue weighted by Crippen LogP contribution is -2.56. The van der Waals surface area contributed by atoms with Gasteiger partial charge in [-0.25, -0.2) is 4.79 Å². The summed E-state index contributed by atoms with van der Waals surface area (Å²) in [7, 11) is 0. The van der Waals surface area contributed by atoms with Crippen LogP contribution in [-0.4, -0.2) is 94.0 Å². The molecule has 34 heavy (non-hydrogen) atoms. The number of non-ortho nitro benzene ring substituents is 1. The molecule has 2 atom stereocenters. The molecule has 2 unspecified atom stereocenters. The van der Waals surface area contributed by atoms with Gasteiger partial charge in [-0.1, -0.05) is 0 Å². The average Bonchev–Trinajstić information content (AvgIpc) is 3.22. The Hall–Kier alpha value is -3.35. The molecule has 1 aromatic rings. The third kappa shape index (κ3) is 6.37. The number of amides is 4. The Morgan fingerprint density at radius 1 is 1.12 bits per heavy atom. The summed E-state index contributed by atoms with van der Waals surface area (Å²) in [6, 6.07) is 4.96. The first kappa shape index (κ1) is 25.3. The Labute approximate surface area is 201 Å². The van der Waals surface area contributed by atoms with E-state index >= 15 is 0 Å². The summed E-state index contributed by atoms with van der Waals surface area (Å²) in [5, 5.41) is 13.0. The number of likely N-dealkylation sites (tertiary alicyclic amines) is 1. The van der Waals surface area contributed by atoms with Gasteiger partial charge in [0.05, 0.1) is 11.5 Å². The first-order valence-electron chi connectivity index (χ1n) is 10.8. The minimum Gasteiger partial charge on any atom is -0.445 e. The fraction of sp³-hybridized carbons (Fsp3) is 0.524. The summed E-state index contributed by atoms with van der Waals surface area (Å²) in [6.45, 7) is 2.75. The molecule has 12 nitrogen and oxygen atoms in total. The second-order valence-corrected chi connectivity index (χ2v) is 8.88. The Bertz CT molecular complexity index is 949. The molecule has 2 fully saturated rings. The second-order valence-electron chi connectivity index (χ2n) is 8.15. The van der Waals surface area contributed by atoms with Gasteiger partial charge in [0.1, 0.15) is 12.6 Å². The zero-order chi connectivity index (χ0) is 24.8. The molecule has 4 amide bonds. The fourth-order valence-corrected chi connectivity index (χ4v) is 4.27. The second kappa shape index (κ2) is 11.2. The number of carbonyl (C=O) groups excluding carboxylic acids is 4. The van der Waals surface area contributed by atoms with Crippen LogP contribution in [0.15, 0.2) is 24.3 Å². The highest BCUT2D eigenvalue weighted by atomic mass is 32.1. The molecule has 3 rings (SSSR count). The van der Waals surface area contributed by atoms with Crippen LogP contribution < -0.4 is 5.32 Å². The lowest BCUT2D eigenvalue weighted by Gasteiger charge is -2.37. The number of benzene rings is 1. The third-order valence-electron chi connectivity index (χ3n) is 5.74. The summed E-state index contributed by atoms with van der Waals surface area (Å²) < 4.78 is 5.35. The zero-order valence-corrected chi connectivity index (χ0v) is 19.6. The van der Waals surface area contributed by atoms with E-state index in [-0.39, 0.29) is 48.4 Å². The first-order chi connectivity index (χ1) is 16.2. The molecular formula is C21H27N5O7S. The maximum absolute atomic E-state index is 13.1. The van der Waals surface area contributed by atoms with Crippen LogP contribution in [0.1, 0.15) is 18.9 Å². The van der Waals surface area contributed by atoms with Crippen LogP contribution in [0.5, 0.6) is 0 Å². The Morgan fingerprint density at radius 3 is 2.32 bits per heavy atom. The van der Waals surface area contributed by atoms with E-state index in [1.807, 2.05) is 0 Å². The van der Waals surface area contributed by atoms with Crippen molar-refractivity contribution < 1.29 is 28.8 Å². The van der Waals surface area contributed by atoms with Crippen molar-refractivity contribution >= 4 is 42.1 Å². The number of nitro benzene ring substituents is 1. The highest BCUT2D eigenvalue weighted by Gasteiger charge is 2.41. The van der Waals surface area contributed by atoms with Gasteiger partial charge >= 0.3 is 6.09 Å². The van der Waals surface area contributed by atoms with E-state index < -0.39 is 17.1 Å². The van der Waals surface area contributed by atoms with Gasteiger partial charge in [0, 0.05) is 57.0 Å². The Balaban J connectivity index is 1.53. The number of piperazine rings is 1. The van der Waals surface area contributed by atoms with Crippen molar-refractivity contribution in [3.8, 4) is 0 Å². The van der Waals surface area contributed by atoms with Crippen molar-refractivity contribution in [1.29, 1.82) is 0 Å². The van der Waals surface area contributed by atoms with Gasteiger partial charge in [-0.2, -0.15) is 12.6 Å². The van der Waals surface area contributed by atoms with Crippen LogP contribution in [0.2, 0.25) is 0 Å². The summed E-state index contributed by atoms with van der Waals surface area (Å²) >= 11 is 4.44. The highest BCUT2D eigenvalue weighted by molar-refractivity contribution is 7.81. The van der Waals surface area contributed by atoms with E-state index in [0.717, 1.165) is 0 Å². The molecule has 0 aliphatic carbocycles. The molecule has 0 bridgehead atoms. The largest absolute Gasteiger partial charge is 0.445 e. The van der Waals surface area contributed by atoms with Crippen molar-refractivity contribution in [2.24, 2.45) is 0 Å². The summed E-state index contributed by atoms with van der Waals surface area (Å²) in [5.74, 6) is -0.724. The first-order valence-corrected chi connectivity index (χ1v) is 11.3. The van der Waals surface area contributed by atoms with Crippen molar-refractivity contribution in [3.05, 3.63) is 39.9 Å². The highest BCUT2D eigenvalue weighted by Crippen LogP contribution is 2.25. The Morgan fingerprint density at radius 2 is 1.74 bits per heavy atom. The van der Waals surface area contributed by atoms with Crippen LogP contribution in [0.3, 0.4) is 0 Å². The lowest BCUT2D eigenvalue weighted by molar-refractivity contribution is -0.384. The van der Waals surface area contributed by atoms with Gasteiger partial charge < -0.3 is 19.9 Å². The van der Waals surface area contributed by atoms with Gasteiger partial charge in [-0.15, -0.1) is 0 Å². The van der Waals surface area contributed by atoms with Crippen LogP contribution in [0, 0.1) is 10.1 Å². The average molecular weight is 494 g/mol. The number of rotatable bonds is 6. The molecule has 2 heterocycles. The molecule has 13 heteroatoms. The molecule has 1 N–H and O–H groups in total. The monoisotopic (exact) mass is 493 g/mol. The molecule has 1 aromatic carbocycles. The van der Waals surface area contributed by atoms with Crippen molar-refractivity contribution in [3.63, 3.8) is 0 Å². The molecule has 0 radical (unpaired) electrons. The number of nitrogens with one attached hydrogen (secondary N) is 1. The van der Waals surface area contributed by atoms with E-state index in [9.17, 15) is 29.3 Å². The maximum Gasteiger partial charge on any atom is 0.410 e. The number of carbonyl (C=O) groups is 4. The van der Waals surface area contributed by atoms with E-state index in [2.05, 4.69) is 17.9 Å². The van der Waals surface area contributed by atoms with E-state index in [1.54, 1.807) is 9.80 Å². The number of hydrogen-bond donors (Lipinski definition) is 2. The lowest BCUT2D eigenvalue weighted by atomic mass is 10.1. The molecule has 2 aliphatic heterocycles. The third-order valence-corrected chi connectivity index (χ3v) is 6.11. The van der Waals surface area contributed by atoms with Gasteiger partial charge in [0.25, 0.3) is 5.69 Å². The predicted molar refractivity (Wildman–Crippen MR) is 123 cm³/mol. The van der Waals surface area contributed by atoms with Crippen LogP contribution in [0.4, 0.5) is 10.5 Å². The SMILES string of the molecule is CC(=O)NCC(=O)N1CCN(C(=O)C2CC(S)CN2C(=O)OCc2ccc([N+](=O)[O-])cc2)CC1. The molecule has 2 saturated heterocycles. The van der Waals surface area contributed by atoms with Crippen LogP contribution in [-0.2, 0) is 25.7 Å². The number of nitro groups is 1. The summed E-state index contributed by atoms with van der Waals surface area (Å²) in [6.07, 6.45) is -0.270. The minimum atomic E-state index is -0.714. The van der Waals surface area contributed by atoms with Crippen LogP contribution in [0.25, 0.3) is 0 Å². The van der Waals surface area contributed by atoms with Crippen molar-refractivity contribution in [2.45, 2.75) is 31.2 Å². The molecule has 0 aromatic heterocycles. The molecule has 184 valence electrons. The number of ether oxygens (including phenoxy) is 1. The molecule has 0 saturated carbocycles. The summed E-state index contributed by atoms with van der Waals surface area (Å²) in [4.78, 5) is 63.8. The van der Waals surface area contributed by atoms with E-state index in [4.69, 9.17) is 4.74 Å². The Kier molecular flexibility index (Phi) is 8.31. The van der Waals surface area contributed by atoms with Crippen molar-refractivity contribution in [2.75, 3.05) is 39.3 Å². The van der Waals surface area contributed by atoms with Crippen molar-refractivity contribution in [1.82, 2.24) is 20.0 Å². The number of thiol groups is 1. The molecular weight excluding hydrogens is 466 g/mol.